The van der Waals surface area contributed by atoms with Crippen LogP contribution in [-0.2, 0) is 0 Å². The Morgan fingerprint density at radius 3 is 2.82 bits per heavy atom. The summed E-state index contributed by atoms with van der Waals surface area (Å²) in [7, 11) is 0. The van der Waals surface area contributed by atoms with Crippen molar-refractivity contribution in [2.24, 2.45) is 0 Å². The van der Waals surface area contributed by atoms with Crippen molar-refractivity contribution in [1.82, 2.24) is 9.88 Å². The Bertz CT molecular complexity index is 724. The van der Waals surface area contributed by atoms with Crippen LogP contribution in [0.15, 0.2) is 30.3 Å². The lowest BCUT2D eigenvalue weighted by Gasteiger charge is -2.33. The SMILES string of the molecule is CC(C)(O)C1CCCN1C(=O)c1ccc2ccc(Cl)cc2n1. The summed E-state index contributed by atoms with van der Waals surface area (Å²) in [6, 6.07) is 8.88. The number of hydrogen-bond acceptors (Lipinski definition) is 3. The molecule has 1 aliphatic rings. The van der Waals surface area contributed by atoms with Crippen molar-refractivity contribution in [1.29, 1.82) is 0 Å². The Morgan fingerprint density at radius 1 is 1.36 bits per heavy atom. The fourth-order valence-electron chi connectivity index (χ4n) is 3.10. The maximum absolute atomic E-state index is 12.8. The van der Waals surface area contributed by atoms with Gasteiger partial charge < -0.3 is 10.0 Å². The van der Waals surface area contributed by atoms with E-state index in [0.29, 0.717) is 22.8 Å². The van der Waals surface area contributed by atoms with Crippen LogP contribution >= 0.6 is 11.6 Å². The molecule has 0 bridgehead atoms. The fourth-order valence-corrected chi connectivity index (χ4v) is 3.27. The van der Waals surface area contributed by atoms with Gasteiger partial charge in [0, 0.05) is 17.0 Å². The van der Waals surface area contributed by atoms with Gasteiger partial charge in [-0.2, -0.15) is 0 Å². The number of aromatic nitrogens is 1. The molecule has 0 spiro atoms. The van der Waals surface area contributed by atoms with Crippen LogP contribution in [0.3, 0.4) is 0 Å². The highest BCUT2D eigenvalue weighted by Crippen LogP contribution is 2.28. The molecule has 1 fully saturated rings. The molecule has 3 rings (SSSR count). The molecule has 1 aromatic carbocycles. The topological polar surface area (TPSA) is 53.4 Å². The van der Waals surface area contributed by atoms with Crippen molar-refractivity contribution in [3.05, 3.63) is 41.0 Å². The number of hydrogen-bond donors (Lipinski definition) is 1. The number of amides is 1. The van der Waals surface area contributed by atoms with Gasteiger partial charge in [-0.1, -0.05) is 23.7 Å². The van der Waals surface area contributed by atoms with Gasteiger partial charge in [0.15, 0.2) is 0 Å². The minimum absolute atomic E-state index is 0.133. The molecule has 1 amide bonds. The largest absolute Gasteiger partial charge is 0.388 e. The normalized spacial score (nSPS) is 18.9. The molecule has 1 atom stereocenters. The van der Waals surface area contributed by atoms with Crippen molar-refractivity contribution in [2.45, 2.75) is 38.3 Å². The lowest BCUT2D eigenvalue weighted by Crippen LogP contribution is -2.48. The summed E-state index contributed by atoms with van der Waals surface area (Å²) in [5.41, 5.74) is 0.190. The van der Waals surface area contributed by atoms with Gasteiger partial charge in [-0.05, 0) is 44.9 Å². The molecule has 116 valence electrons. The summed E-state index contributed by atoms with van der Waals surface area (Å²) in [6.45, 7) is 4.15. The number of nitrogens with zero attached hydrogens (tertiary/aromatic N) is 2. The molecule has 2 heterocycles. The smallest absolute Gasteiger partial charge is 0.272 e. The number of pyridine rings is 1. The molecule has 22 heavy (non-hydrogen) atoms. The molecule has 5 heteroatoms. The van der Waals surface area contributed by atoms with Crippen molar-refractivity contribution in [3.8, 4) is 0 Å². The third-order valence-electron chi connectivity index (χ3n) is 4.20. The highest BCUT2D eigenvalue weighted by atomic mass is 35.5. The van der Waals surface area contributed by atoms with E-state index < -0.39 is 5.60 Å². The second kappa shape index (κ2) is 5.52. The van der Waals surface area contributed by atoms with E-state index >= 15 is 0 Å². The zero-order valence-corrected chi connectivity index (χ0v) is 13.5. The van der Waals surface area contributed by atoms with Crippen LogP contribution in [0.4, 0.5) is 0 Å². The van der Waals surface area contributed by atoms with Gasteiger partial charge in [0.05, 0.1) is 17.2 Å². The first-order valence-corrected chi connectivity index (χ1v) is 7.84. The first-order chi connectivity index (χ1) is 10.4. The summed E-state index contributed by atoms with van der Waals surface area (Å²) in [5.74, 6) is -0.133. The molecule has 1 saturated heterocycles. The summed E-state index contributed by atoms with van der Waals surface area (Å²) in [5, 5.41) is 11.8. The Hall–Kier alpha value is -1.65. The van der Waals surface area contributed by atoms with Crippen LogP contribution in [0.1, 0.15) is 37.2 Å². The number of benzene rings is 1. The molecular formula is C17H19ClN2O2. The quantitative estimate of drug-likeness (QED) is 0.924. The number of fused-ring (bicyclic) bond motifs is 1. The molecule has 4 nitrogen and oxygen atoms in total. The second-order valence-corrected chi connectivity index (χ2v) is 6.78. The van der Waals surface area contributed by atoms with Crippen LogP contribution < -0.4 is 0 Å². The Morgan fingerprint density at radius 2 is 2.09 bits per heavy atom. The zero-order chi connectivity index (χ0) is 15.9. The van der Waals surface area contributed by atoms with Crippen LogP contribution in [-0.4, -0.2) is 39.1 Å². The van der Waals surface area contributed by atoms with Crippen LogP contribution in [0.2, 0.25) is 5.02 Å². The zero-order valence-electron chi connectivity index (χ0n) is 12.7. The van der Waals surface area contributed by atoms with Crippen molar-refractivity contribution in [2.75, 3.05) is 6.54 Å². The first kappa shape index (κ1) is 15.3. The standard InChI is InChI=1S/C17H19ClN2O2/c1-17(2,22)15-4-3-9-20(15)16(21)13-8-6-11-5-7-12(18)10-14(11)19-13/h5-8,10,15,22H,3-4,9H2,1-2H3. The molecule has 1 unspecified atom stereocenters. The molecule has 0 aliphatic carbocycles. The van der Waals surface area contributed by atoms with Gasteiger partial charge in [-0.15, -0.1) is 0 Å². The van der Waals surface area contributed by atoms with Gasteiger partial charge in [0.1, 0.15) is 5.69 Å². The average molecular weight is 319 g/mol. The van der Waals surface area contributed by atoms with E-state index in [1.165, 1.54) is 0 Å². The van der Waals surface area contributed by atoms with Crippen molar-refractivity contribution >= 4 is 28.4 Å². The molecule has 2 aromatic rings. The van der Waals surface area contributed by atoms with Gasteiger partial charge in [0.25, 0.3) is 5.91 Å². The van der Waals surface area contributed by atoms with E-state index in [2.05, 4.69) is 4.98 Å². The number of halogens is 1. The number of carbonyl (C=O) groups excluding carboxylic acids is 1. The highest BCUT2D eigenvalue weighted by molar-refractivity contribution is 6.31. The van der Waals surface area contributed by atoms with Gasteiger partial charge >= 0.3 is 0 Å². The maximum atomic E-state index is 12.8. The number of aliphatic hydroxyl groups is 1. The second-order valence-electron chi connectivity index (χ2n) is 6.34. The molecule has 1 aromatic heterocycles. The number of likely N-dealkylation sites (tertiary alicyclic amines) is 1. The third-order valence-corrected chi connectivity index (χ3v) is 4.44. The summed E-state index contributed by atoms with van der Waals surface area (Å²) in [4.78, 5) is 18.9. The van der Waals surface area contributed by atoms with Gasteiger partial charge in [0.2, 0.25) is 0 Å². The average Bonchev–Trinajstić information content (AvgIpc) is 2.95. The molecule has 1 aliphatic heterocycles. The van der Waals surface area contributed by atoms with E-state index in [9.17, 15) is 9.90 Å². The van der Waals surface area contributed by atoms with Crippen molar-refractivity contribution < 1.29 is 9.90 Å². The Balaban J connectivity index is 1.95. The van der Waals surface area contributed by atoms with E-state index in [1.54, 1.807) is 36.9 Å². The van der Waals surface area contributed by atoms with E-state index in [4.69, 9.17) is 11.6 Å². The maximum Gasteiger partial charge on any atom is 0.272 e. The van der Waals surface area contributed by atoms with Crippen LogP contribution in [0.25, 0.3) is 10.9 Å². The molecule has 1 N–H and O–H groups in total. The third kappa shape index (κ3) is 2.81. The summed E-state index contributed by atoms with van der Waals surface area (Å²) in [6.07, 6.45) is 1.72. The lowest BCUT2D eigenvalue weighted by atomic mass is 9.96. The highest BCUT2D eigenvalue weighted by Gasteiger charge is 2.39. The Kier molecular flexibility index (Phi) is 3.83. The van der Waals surface area contributed by atoms with Crippen LogP contribution in [0, 0.1) is 0 Å². The van der Waals surface area contributed by atoms with E-state index in [1.807, 2.05) is 12.1 Å². The summed E-state index contributed by atoms with van der Waals surface area (Å²) < 4.78 is 0. The number of carbonyl (C=O) groups is 1. The van der Waals surface area contributed by atoms with Gasteiger partial charge in [-0.25, -0.2) is 4.98 Å². The van der Waals surface area contributed by atoms with Gasteiger partial charge in [-0.3, -0.25) is 4.79 Å². The van der Waals surface area contributed by atoms with E-state index in [-0.39, 0.29) is 11.9 Å². The first-order valence-electron chi connectivity index (χ1n) is 7.46. The predicted octanol–water partition coefficient (Wildman–Crippen LogP) is 3.26. The molecule has 0 radical (unpaired) electrons. The molecule has 0 saturated carbocycles. The Labute approximate surface area is 134 Å². The number of rotatable bonds is 2. The van der Waals surface area contributed by atoms with E-state index in [0.717, 1.165) is 18.2 Å². The predicted molar refractivity (Wildman–Crippen MR) is 87.1 cm³/mol. The van der Waals surface area contributed by atoms with Crippen LogP contribution in [0.5, 0.6) is 0 Å². The minimum atomic E-state index is -0.910. The lowest BCUT2D eigenvalue weighted by molar-refractivity contribution is 0.000136. The summed E-state index contributed by atoms with van der Waals surface area (Å²) >= 11 is 5.99. The van der Waals surface area contributed by atoms with Crippen molar-refractivity contribution in [3.63, 3.8) is 0 Å². The monoisotopic (exact) mass is 318 g/mol. The minimum Gasteiger partial charge on any atom is -0.388 e. The molecular weight excluding hydrogens is 300 g/mol. The fraction of sp³-hybridized carbons (Fsp3) is 0.412.